The number of para-hydroxylation sites is 1. The fourth-order valence-electron chi connectivity index (χ4n) is 3.47. The van der Waals surface area contributed by atoms with Crippen LogP contribution in [0.5, 0.6) is 0 Å². The molecule has 1 heterocycles. The zero-order valence-corrected chi connectivity index (χ0v) is 18.3. The Bertz CT molecular complexity index is 1270. The summed E-state index contributed by atoms with van der Waals surface area (Å²) in [7, 11) is 1.34. The molecule has 0 bridgehead atoms. The molecule has 4 rings (SSSR count). The molecule has 0 unspecified atom stereocenters. The minimum Gasteiger partial charge on any atom is -0.465 e. The third-order valence-corrected chi connectivity index (χ3v) is 5.45. The second-order valence-corrected chi connectivity index (χ2v) is 7.79. The van der Waals surface area contributed by atoms with Gasteiger partial charge in [0.2, 0.25) is 0 Å². The van der Waals surface area contributed by atoms with Crippen molar-refractivity contribution in [3.63, 3.8) is 0 Å². The van der Waals surface area contributed by atoms with Crippen molar-refractivity contribution in [2.75, 3.05) is 7.11 Å². The lowest BCUT2D eigenvalue weighted by molar-refractivity contribution is 0.0600. The number of rotatable bonds is 6. The zero-order valence-electron chi connectivity index (χ0n) is 17.6. The third-order valence-electron chi connectivity index (χ3n) is 5.20. The Balaban J connectivity index is 1.57. The Hall–Kier alpha value is -3.71. The lowest BCUT2D eigenvalue weighted by Crippen LogP contribution is -2.27. The van der Waals surface area contributed by atoms with Crippen LogP contribution < -0.4 is 5.32 Å². The van der Waals surface area contributed by atoms with Crippen LogP contribution in [0.15, 0.2) is 66.7 Å². The Labute approximate surface area is 190 Å². The van der Waals surface area contributed by atoms with Gasteiger partial charge >= 0.3 is 5.97 Å². The number of nitrogens with one attached hydrogen (secondary N) is 1. The Morgan fingerprint density at radius 1 is 1.06 bits per heavy atom. The van der Waals surface area contributed by atoms with Gasteiger partial charge in [-0.2, -0.15) is 0 Å². The van der Waals surface area contributed by atoms with Gasteiger partial charge in [0.25, 0.3) is 5.91 Å². The van der Waals surface area contributed by atoms with Crippen LogP contribution in [0.2, 0.25) is 5.02 Å². The normalized spacial score (nSPS) is 11.8. The van der Waals surface area contributed by atoms with Gasteiger partial charge < -0.3 is 10.1 Å². The smallest absolute Gasteiger partial charge is 0.337 e. The van der Waals surface area contributed by atoms with E-state index >= 15 is 0 Å². The maximum atomic E-state index is 13.1. The summed E-state index contributed by atoms with van der Waals surface area (Å²) in [4.78, 5) is 24.8. The van der Waals surface area contributed by atoms with Crippen LogP contribution in [0.4, 0.5) is 0 Å². The fraction of sp³-hybridized carbons (Fsp3) is 0.167. The summed E-state index contributed by atoms with van der Waals surface area (Å²) in [5.41, 5.74) is 4.10. The van der Waals surface area contributed by atoms with Crippen LogP contribution in [-0.2, 0) is 11.3 Å². The highest BCUT2D eigenvalue weighted by Crippen LogP contribution is 2.21. The molecule has 0 saturated heterocycles. The van der Waals surface area contributed by atoms with Gasteiger partial charge in [-0.25, -0.2) is 9.48 Å². The SMILES string of the molecule is COC(=O)c1ccc([C@H](C)NC(=O)c2cccc3nnn(Cc4ccc(Cl)cc4)c23)cc1. The van der Waals surface area contributed by atoms with Crippen molar-refractivity contribution in [1.29, 1.82) is 0 Å². The molecule has 1 amide bonds. The monoisotopic (exact) mass is 448 g/mol. The molecule has 4 aromatic rings. The number of methoxy groups -OCH3 is 1. The number of halogens is 1. The lowest BCUT2D eigenvalue weighted by atomic mass is 10.1. The third kappa shape index (κ3) is 4.48. The predicted molar refractivity (Wildman–Crippen MR) is 122 cm³/mol. The van der Waals surface area contributed by atoms with E-state index in [-0.39, 0.29) is 11.9 Å². The van der Waals surface area contributed by atoms with E-state index in [1.807, 2.05) is 37.3 Å². The molecule has 0 aliphatic carbocycles. The van der Waals surface area contributed by atoms with Crippen LogP contribution in [-0.4, -0.2) is 34.0 Å². The van der Waals surface area contributed by atoms with Gasteiger partial charge in [0, 0.05) is 5.02 Å². The summed E-state index contributed by atoms with van der Waals surface area (Å²) in [5.74, 6) is -0.638. The highest BCUT2D eigenvalue weighted by Gasteiger charge is 2.18. The zero-order chi connectivity index (χ0) is 22.7. The van der Waals surface area contributed by atoms with Crippen molar-refractivity contribution in [1.82, 2.24) is 20.3 Å². The summed E-state index contributed by atoms with van der Waals surface area (Å²) in [6, 6.07) is 19.5. The quantitative estimate of drug-likeness (QED) is 0.441. The van der Waals surface area contributed by atoms with Gasteiger partial charge in [0.1, 0.15) is 11.0 Å². The van der Waals surface area contributed by atoms with Crippen molar-refractivity contribution in [2.24, 2.45) is 0 Å². The molecule has 0 spiro atoms. The molecule has 1 atom stereocenters. The number of nitrogens with zero attached hydrogens (tertiary/aromatic N) is 3. The summed E-state index contributed by atoms with van der Waals surface area (Å²) in [6.45, 7) is 2.34. The van der Waals surface area contributed by atoms with Crippen LogP contribution in [0.25, 0.3) is 11.0 Å². The predicted octanol–water partition coefficient (Wildman–Crippen LogP) is 4.41. The maximum Gasteiger partial charge on any atom is 0.337 e. The van der Waals surface area contributed by atoms with Crippen molar-refractivity contribution >= 4 is 34.5 Å². The second-order valence-electron chi connectivity index (χ2n) is 7.36. The number of hydrogen-bond donors (Lipinski definition) is 1. The molecule has 162 valence electrons. The molecular formula is C24H21ClN4O3. The first-order valence-electron chi connectivity index (χ1n) is 10.0. The van der Waals surface area contributed by atoms with Gasteiger partial charge in [-0.3, -0.25) is 4.79 Å². The molecule has 0 fully saturated rings. The lowest BCUT2D eigenvalue weighted by Gasteiger charge is -2.15. The average molecular weight is 449 g/mol. The molecule has 0 aliphatic heterocycles. The number of esters is 1. The van der Waals surface area contributed by atoms with E-state index in [0.717, 1.165) is 11.1 Å². The number of ether oxygens (including phenoxy) is 1. The van der Waals surface area contributed by atoms with Gasteiger partial charge in [0.05, 0.1) is 30.8 Å². The summed E-state index contributed by atoms with van der Waals surface area (Å²) in [6.07, 6.45) is 0. The molecule has 8 heteroatoms. The highest BCUT2D eigenvalue weighted by molar-refractivity contribution is 6.30. The number of aromatic nitrogens is 3. The van der Waals surface area contributed by atoms with E-state index in [2.05, 4.69) is 15.6 Å². The molecule has 7 nitrogen and oxygen atoms in total. The number of amides is 1. The summed E-state index contributed by atoms with van der Waals surface area (Å²) in [5, 5.41) is 12.1. The first-order valence-corrected chi connectivity index (χ1v) is 10.4. The fourth-order valence-corrected chi connectivity index (χ4v) is 3.60. The van der Waals surface area contributed by atoms with E-state index in [4.69, 9.17) is 16.3 Å². The van der Waals surface area contributed by atoms with Crippen molar-refractivity contribution in [3.8, 4) is 0 Å². The summed E-state index contributed by atoms with van der Waals surface area (Å²) >= 11 is 5.98. The highest BCUT2D eigenvalue weighted by atomic mass is 35.5. The molecule has 1 N–H and O–H groups in total. The summed E-state index contributed by atoms with van der Waals surface area (Å²) < 4.78 is 6.43. The van der Waals surface area contributed by atoms with Gasteiger partial charge in [-0.05, 0) is 54.4 Å². The molecule has 0 radical (unpaired) electrons. The maximum absolute atomic E-state index is 13.1. The molecule has 0 saturated carbocycles. The van der Waals surface area contributed by atoms with Crippen LogP contribution in [0.3, 0.4) is 0 Å². The van der Waals surface area contributed by atoms with Crippen molar-refractivity contribution in [2.45, 2.75) is 19.5 Å². The van der Waals surface area contributed by atoms with E-state index in [9.17, 15) is 9.59 Å². The van der Waals surface area contributed by atoms with Crippen molar-refractivity contribution < 1.29 is 14.3 Å². The van der Waals surface area contributed by atoms with E-state index in [1.165, 1.54) is 7.11 Å². The molecule has 0 aliphatic rings. The average Bonchev–Trinajstić information content (AvgIpc) is 3.23. The molecule has 32 heavy (non-hydrogen) atoms. The second kappa shape index (κ2) is 9.20. The van der Waals surface area contributed by atoms with Crippen LogP contribution in [0.1, 0.15) is 44.8 Å². The first-order chi connectivity index (χ1) is 15.5. The Kier molecular flexibility index (Phi) is 6.18. The van der Waals surface area contributed by atoms with Crippen LogP contribution >= 0.6 is 11.6 Å². The van der Waals surface area contributed by atoms with Gasteiger partial charge in [0.15, 0.2) is 0 Å². The minimum atomic E-state index is -0.402. The van der Waals surface area contributed by atoms with Crippen molar-refractivity contribution in [3.05, 3.63) is 94.0 Å². The van der Waals surface area contributed by atoms with Crippen LogP contribution in [0, 0.1) is 0 Å². The topological polar surface area (TPSA) is 86.1 Å². The molecular weight excluding hydrogens is 428 g/mol. The standard InChI is InChI=1S/C24H21ClN4O3/c1-15(17-8-10-18(11-9-17)24(31)32-2)26-23(30)20-4-3-5-21-22(20)29(28-27-21)14-16-6-12-19(25)13-7-16/h3-13,15H,14H2,1-2H3,(H,26,30)/t15-/m0/s1. The van der Waals surface area contributed by atoms with E-state index in [0.29, 0.717) is 33.7 Å². The molecule has 3 aromatic carbocycles. The number of hydrogen-bond acceptors (Lipinski definition) is 5. The minimum absolute atomic E-state index is 0.236. The van der Waals surface area contributed by atoms with E-state index < -0.39 is 5.97 Å². The number of benzene rings is 3. The van der Waals surface area contributed by atoms with E-state index in [1.54, 1.807) is 41.1 Å². The first kappa shape index (κ1) is 21.5. The number of fused-ring (bicyclic) bond motifs is 1. The van der Waals surface area contributed by atoms with Gasteiger partial charge in [-0.1, -0.05) is 47.1 Å². The Morgan fingerprint density at radius 2 is 1.78 bits per heavy atom. The number of carbonyl (C=O) groups excluding carboxylic acids is 2. The largest absolute Gasteiger partial charge is 0.465 e. The number of carbonyl (C=O) groups is 2. The van der Waals surface area contributed by atoms with Gasteiger partial charge in [-0.15, -0.1) is 5.10 Å². The Morgan fingerprint density at radius 3 is 2.47 bits per heavy atom. The molecule has 1 aromatic heterocycles.